The van der Waals surface area contributed by atoms with E-state index in [-0.39, 0.29) is 0 Å². The second kappa shape index (κ2) is 4.04. The summed E-state index contributed by atoms with van der Waals surface area (Å²) in [5, 5.41) is 2.11. The first-order valence-electron chi connectivity index (χ1n) is 5.43. The van der Waals surface area contributed by atoms with Crippen LogP contribution in [0, 0.1) is 13.8 Å². The highest BCUT2D eigenvalue weighted by molar-refractivity contribution is 7.10. The van der Waals surface area contributed by atoms with Crippen LogP contribution < -0.4 is 5.73 Å². The third kappa shape index (κ3) is 1.79. The number of hydrogen-bond acceptors (Lipinski definition) is 2. The van der Waals surface area contributed by atoms with Gasteiger partial charge in [0.2, 0.25) is 0 Å². The van der Waals surface area contributed by atoms with E-state index in [9.17, 15) is 0 Å². The molecule has 1 atom stereocenters. The minimum absolute atomic E-state index is 0.393. The van der Waals surface area contributed by atoms with Gasteiger partial charge in [0.05, 0.1) is 5.54 Å². The van der Waals surface area contributed by atoms with Crippen LogP contribution in [0.15, 0.2) is 35.7 Å². The summed E-state index contributed by atoms with van der Waals surface area (Å²) < 4.78 is 0. The highest BCUT2D eigenvalue weighted by Crippen LogP contribution is 2.33. The number of thiophene rings is 1. The molecule has 0 aliphatic rings. The van der Waals surface area contributed by atoms with E-state index < -0.39 is 5.54 Å². The summed E-state index contributed by atoms with van der Waals surface area (Å²) in [6.45, 7) is 6.33. The van der Waals surface area contributed by atoms with Crippen LogP contribution in [0.5, 0.6) is 0 Å². The van der Waals surface area contributed by atoms with Crippen molar-refractivity contribution in [2.45, 2.75) is 26.3 Å². The van der Waals surface area contributed by atoms with Crippen LogP contribution in [-0.4, -0.2) is 0 Å². The van der Waals surface area contributed by atoms with Crippen molar-refractivity contribution in [3.05, 3.63) is 57.3 Å². The maximum absolute atomic E-state index is 6.51. The zero-order valence-corrected chi connectivity index (χ0v) is 10.8. The molecule has 0 saturated carbocycles. The smallest absolute Gasteiger partial charge is 0.0650 e. The molecule has 0 fully saturated rings. The fourth-order valence-corrected chi connectivity index (χ4v) is 3.04. The van der Waals surface area contributed by atoms with Gasteiger partial charge in [-0.1, -0.05) is 24.3 Å². The van der Waals surface area contributed by atoms with E-state index in [1.807, 2.05) is 0 Å². The molecule has 1 aromatic heterocycles. The Balaban J connectivity index is 2.55. The van der Waals surface area contributed by atoms with Gasteiger partial charge in [-0.3, -0.25) is 0 Å². The van der Waals surface area contributed by atoms with E-state index in [0.29, 0.717) is 0 Å². The second-order valence-electron chi connectivity index (χ2n) is 4.41. The van der Waals surface area contributed by atoms with Crippen LogP contribution >= 0.6 is 11.3 Å². The normalized spacial score (nSPS) is 14.8. The molecule has 2 heteroatoms. The van der Waals surface area contributed by atoms with Gasteiger partial charge in [-0.25, -0.2) is 0 Å². The predicted octanol–water partition coefficient (Wildman–Crippen LogP) is 3.59. The minimum Gasteiger partial charge on any atom is -0.318 e. The molecule has 16 heavy (non-hydrogen) atoms. The molecule has 0 spiro atoms. The monoisotopic (exact) mass is 231 g/mol. The lowest BCUT2D eigenvalue weighted by molar-refractivity contribution is 0.598. The van der Waals surface area contributed by atoms with E-state index >= 15 is 0 Å². The van der Waals surface area contributed by atoms with Crippen molar-refractivity contribution in [2.75, 3.05) is 0 Å². The zero-order valence-electron chi connectivity index (χ0n) is 9.95. The summed E-state index contributed by atoms with van der Waals surface area (Å²) >= 11 is 1.75. The first-order valence-corrected chi connectivity index (χ1v) is 6.31. The van der Waals surface area contributed by atoms with Crippen LogP contribution in [0.1, 0.15) is 28.5 Å². The number of nitrogens with two attached hydrogens (primary N) is 1. The largest absolute Gasteiger partial charge is 0.318 e. The molecule has 0 aliphatic heterocycles. The summed E-state index contributed by atoms with van der Waals surface area (Å²) in [7, 11) is 0. The molecule has 0 aliphatic carbocycles. The van der Waals surface area contributed by atoms with Gasteiger partial charge in [0, 0.05) is 4.88 Å². The third-order valence-electron chi connectivity index (χ3n) is 3.12. The topological polar surface area (TPSA) is 26.0 Å². The fourth-order valence-electron chi connectivity index (χ4n) is 2.22. The van der Waals surface area contributed by atoms with E-state index in [0.717, 1.165) is 0 Å². The highest BCUT2D eigenvalue weighted by Gasteiger charge is 2.27. The summed E-state index contributed by atoms with van der Waals surface area (Å²) in [4.78, 5) is 1.30. The Hall–Kier alpha value is -1.12. The van der Waals surface area contributed by atoms with Crippen molar-refractivity contribution in [1.29, 1.82) is 0 Å². The van der Waals surface area contributed by atoms with Crippen molar-refractivity contribution in [3.63, 3.8) is 0 Å². The van der Waals surface area contributed by atoms with Gasteiger partial charge in [-0.15, -0.1) is 11.3 Å². The quantitative estimate of drug-likeness (QED) is 0.840. The third-order valence-corrected chi connectivity index (χ3v) is 3.97. The molecule has 1 heterocycles. The minimum atomic E-state index is -0.393. The molecule has 0 saturated heterocycles. The second-order valence-corrected chi connectivity index (χ2v) is 5.53. The van der Waals surface area contributed by atoms with Gasteiger partial charge in [0.15, 0.2) is 0 Å². The molecule has 0 bridgehead atoms. The van der Waals surface area contributed by atoms with E-state index in [2.05, 4.69) is 56.5 Å². The Morgan fingerprint density at radius 3 is 2.31 bits per heavy atom. The average Bonchev–Trinajstić information content (AvgIpc) is 2.65. The Bertz CT molecular complexity index is 497. The fraction of sp³-hybridized carbons (Fsp3) is 0.286. The standard InChI is InChI=1S/C14H17NS/c1-10-6-4-5-7-12(10)14(3,15)13-8-9-16-11(13)2/h4-9H,15H2,1-3H3. The lowest BCUT2D eigenvalue weighted by Gasteiger charge is -2.27. The number of hydrogen-bond donors (Lipinski definition) is 1. The Morgan fingerprint density at radius 2 is 1.75 bits per heavy atom. The molecule has 84 valence electrons. The maximum atomic E-state index is 6.51. The molecule has 2 aromatic rings. The summed E-state index contributed by atoms with van der Waals surface area (Å²) in [6.07, 6.45) is 0. The van der Waals surface area contributed by atoms with E-state index in [1.54, 1.807) is 11.3 Å². The van der Waals surface area contributed by atoms with Gasteiger partial charge in [0.25, 0.3) is 0 Å². The van der Waals surface area contributed by atoms with Crippen LogP contribution in [0.25, 0.3) is 0 Å². The number of aryl methyl sites for hydroxylation is 2. The number of rotatable bonds is 2. The maximum Gasteiger partial charge on any atom is 0.0650 e. The zero-order chi connectivity index (χ0) is 11.8. The average molecular weight is 231 g/mol. The molecule has 1 nitrogen and oxygen atoms in total. The van der Waals surface area contributed by atoms with Gasteiger partial charge in [-0.05, 0) is 48.9 Å². The lowest BCUT2D eigenvalue weighted by Crippen LogP contribution is -2.35. The van der Waals surface area contributed by atoms with Crippen molar-refractivity contribution < 1.29 is 0 Å². The van der Waals surface area contributed by atoms with Crippen LogP contribution in [0.2, 0.25) is 0 Å². The molecule has 0 radical (unpaired) electrons. The highest BCUT2D eigenvalue weighted by atomic mass is 32.1. The van der Waals surface area contributed by atoms with Crippen molar-refractivity contribution in [3.8, 4) is 0 Å². The van der Waals surface area contributed by atoms with Gasteiger partial charge in [-0.2, -0.15) is 0 Å². The van der Waals surface area contributed by atoms with E-state index in [4.69, 9.17) is 5.73 Å². The van der Waals surface area contributed by atoms with Crippen LogP contribution in [0.4, 0.5) is 0 Å². The van der Waals surface area contributed by atoms with E-state index in [1.165, 1.54) is 21.6 Å². The first-order chi connectivity index (χ1) is 7.53. The van der Waals surface area contributed by atoms with Gasteiger partial charge < -0.3 is 5.73 Å². The van der Waals surface area contributed by atoms with Gasteiger partial charge in [0.1, 0.15) is 0 Å². The Kier molecular flexibility index (Phi) is 2.87. The summed E-state index contributed by atoms with van der Waals surface area (Å²) in [6, 6.07) is 10.5. The van der Waals surface area contributed by atoms with Crippen LogP contribution in [0.3, 0.4) is 0 Å². The Morgan fingerprint density at radius 1 is 1.06 bits per heavy atom. The summed E-state index contributed by atoms with van der Waals surface area (Å²) in [5.74, 6) is 0. The Labute approximate surface area is 101 Å². The first kappa shape index (κ1) is 11.4. The molecule has 2 rings (SSSR count). The molecule has 0 amide bonds. The lowest BCUT2D eigenvalue weighted by atomic mass is 9.83. The molecular formula is C14H17NS. The summed E-state index contributed by atoms with van der Waals surface area (Å²) in [5.41, 5.74) is 9.80. The van der Waals surface area contributed by atoms with Crippen LogP contribution in [-0.2, 0) is 5.54 Å². The van der Waals surface area contributed by atoms with Gasteiger partial charge >= 0.3 is 0 Å². The molecule has 2 N–H and O–H groups in total. The van der Waals surface area contributed by atoms with Crippen molar-refractivity contribution >= 4 is 11.3 Å². The van der Waals surface area contributed by atoms with Crippen molar-refractivity contribution in [1.82, 2.24) is 0 Å². The molecule has 1 unspecified atom stereocenters. The number of benzene rings is 1. The SMILES string of the molecule is Cc1ccccc1C(C)(N)c1ccsc1C. The molecule has 1 aromatic carbocycles. The molecular weight excluding hydrogens is 214 g/mol. The van der Waals surface area contributed by atoms with Crippen molar-refractivity contribution in [2.24, 2.45) is 5.73 Å². The predicted molar refractivity (Wildman–Crippen MR) is 70.9 cm³/mol.